The second-order valence-corrected chi connectivity index (χ2v) is 5.24. The molecule has 1 atom stereocenters. The number of rotatable bonds is 3. The van der Waals surface area contributed by atoms with Gasteiger partial charge in [0.1, 0.15) is 13.2 Å². The quantitative estimate of drug-likeness (QED) is 0.910. The summed E-state index contributed by atoms with van der Waals surface area (Å²) in [5, 5.41) is 0. The van der Waals surface area contributed by atoms with Crippen LogP contribution in [0.5, 0.6) is 17.2 Å². The van der Waals surface area contributed by atoms with Crippen LogP contribution in [0.4, 0.5) is 4.39 Å². The molecule has 1 aromatic carbocycles. The van der Waals surface area contributed by atoms with Crippen molar-refractivity contribution in [1.82, 2.24) is 0 Å². The van der Waals surface area contributed by atoms with Gasteiger partial charge in [-0.15, -0.1) is 0 Å². The molecule has 1 saturated carbocycles. The van der Waals surface area contributed by atoms with E-state index < -0.39 is 5.82 Å². The standard InChI is InChI=1S/C14H18FNO3/c1-8(16)14(3-4-14)9-7-10-13(19-6-5-18-10)11(15)12(9)17-2/h7-8H,3-6,16H2,1-2H3. The third-order valence-corrected chi connectivity index (χ3v) is 4.13. The van der Waals surface area contributed by atoms with Crippen molar-refractivity contribution >= 4 is 0 Å². The van der Waals surface area contributed by atoms with Gasteiger partial charge in [0.25, 0.3) is 0 Å². The molecule has 0 bridgehead atoms. The summed E-state index contributed by atoms with van der Waals surface area (Å²) in [5.74, 6) is 0.347. The maximum Gasteiger partial charge on any atom is 0.211 e. The molecule has 2 N–H and O–H groups in total. The first kappa shape index (κ1) is 12.5. The molecule has 1 heterocycles. The molecule has 0 amide bonds. The SMILES string of the molecule is COc1c(C2(C(C)N)CC2)cc2c(c1F)OCCO2. The summed E-state index contributed by atoms with van der Waals surface area (Å²) >= 11 is 0. The number of hydrogen-bond acceptors (Lipinski definition) is 4. The van der Waals surface area contributed by atoms with Gasteiger partial charge in [-0.1, -0.05) is 0 Å². The fraction of sp³-hybridized carbons (Fsp3) is 0.571. The van der Waals surface area contributed by atoms with Crippen LogP contribution < -0.4 is 19.9 Å². The molecule has 5 heteroatoms. The summed E-state index contributed by atoms with van der Waals surface area (Å²) in [6.07, 6.45) is 1.89. The van der Waals surface area contributed by atoms with Crippen molar-refractivity contribution in [3.63, 3.8) is 0 Å². The summed E-state index contributed by atoms with van der Waals surface area (Å²) in [6.45, 7) is 2.73. The predicted molar refractivity (Wildman–Crippen MR) is 68.5 cm³/mol. The molecular formula is C14H18FNO3. The zero-order chi connectivity index (χ0) is 13.6. The van der Waals surface area contributed by atoms with E-state index >= 15 is 0 Å². The minimum Gasteiger partial charge on any atom is -0.493 e. The Morgan fingerprint density at radius 3 is 2.63 bits per heavy atom. The lowest BCUT2D eigenvalue weighted by atomic mass is 9.88. The van der Waals surface area contributed by atoms with Gasteiger partial charge in [-0.2, -0.15) is 4.39 Å². The fourth-order valence-corrected chi connectivity index (χ4v) is 2.80. The number of methoxy groups -OCH3 is 1. The highest BCUT2D eigenvalue weighted by atomic mass is 19.1. The van der Waals surface area contributed by atoms with Crippen LogP contribution in [0.2, 0.25) is 0 Å². The minimum absolute atomic E-state index is 0.0524. The van der Waals surface area contributed by atoms with Crippen molar-refractivity contribution in [3.05, 3.63) is 17.4 Å². The molecule has 104 valence electrons. The fourth-order valence-electron chi connectivity index (χ4n) is 2.80. The van der Waals surface area contributed by atoms with Crippen molar-refractivity contribution in [1.29, 1.82) is 0 Å². The predicted octanol–water partition coefficient (Wildman–Crippen LogP) is 1.98. The van der Waals surface area contributed by atoms with Crippen LogP contribution in [0.1, 0.15) is 25.3 Å². The van der Waals surface area contributed by atoms with Gasteiger partial charge in [0, 0.05) is 17.0 Å². The van der Waals surface area contributed by atoms with E-state index in [1.807, 2.05) is 13.0 Å². The van der Waals surface area contributed by atoms with Crippen molar-refractivity contribution in [2.75, 3.05) is 20.3 Å². The third kappa shape index (κ3) is 1.75. The number of halogens is 1. The largest absolute Gasteiger partial charge is 0.493 e. The van der Waals surface area contributed by atoms with Gasteiger partial charge >= 0.3 is 0 Å². The molecule has 1 fully saturated rings. The summed E-state index contributed by atoms with van der Waals surface area (Å²) < 4.78 is 30.5. The molecule has 0 saturated heterocycles. The van der Waals surface area contributed by atoms with Crippen molar-refractivity contribution in [3.8, 4) is 17.2 Å². The second-order valence-electron chi connectivity index (χ2n) is 5.24. The highest BCUT2D eigenvalue weighted by Crippen LogP contribution is 2.56. The first-order valence-corrected chi connectivity index (χ1v) is 6.52. The Labute approximate surface area is 111 Å². The normalized spacial score (nSPS) is 20.8. The maximum absolute atomic E-state index is 14.5. The zero-order valence-electron chi connectivity index (χ0n) is 11.2. The number of fused-ring (bicyclic) bond motifs is 1. The van der Waals surface area contributed by atoms with E-state index in [1.54, 1.807) is 0 Å². The Morgan fingerprint density at radius 2 is 2.05 bits per heavy atom. The Bertz CT molecular complexity index is 512. The van der Waals surface area contributed by atoms with E-state index in [0.717, 1.165) is 18.4 Å². The first-order chi connectivity index (χ1) is 9.10. The summed E-state index contributed by atoms with van der Waals surface area (Å²) in [4.78, 5) is 0. The number of nitrogens with two attached hydrogens (primary N) is 1. The van der Waals surface area contributed by atoms with Gasteiger partial charge in [-0.25, -0.2) is 0 Å². The molecule has 1 unspecified atom stereocenters. The number of ether oxygens (including phenoxy) is 3. The molecule has 1 aliphatic heterocycles. The molecule has 0 spiro atoms. The summed E-state index contributed by atoms with van der Waals surface area (Å²) in [7, 11) is 1.47. The molecule has 1 aliphatic carbocycles. The van der Waals surface area contributed by atoms with Crippen LogP contribution in [-0.4, -0.2) is 26.4 Å². The van der Waals surface area contributed by atoms with Crippen molar-refractivity contribution in [2.45, 2.75) is 31.2 Å². The lowest BCUT2D eigenvalue weighted by Crippen LogP contribution is -2.32. The Kier molecular flexibility index (Phi) is 2.82. The Balaban J connectivity index is 2.17. The zero-order valence-corrected chi connectivity index (χ0v) is 11.2. The lowest BCUT2D eigenvalue weighted by molar-refractivity contribution is 0.161. The van der Waals surface area contributed by atoms with E-state index in [-0.39, 0.29) is 23.0 Å². The van der Waals surface area contributed by atoms with E-state index in [1.165, 1.54) is 7.11 Å². The van der Waals surface area contributed by atoms with Crippen molar-refractivity contribution < 1.29 is 18.6 Å². The van der Waals surface area contributed by atoms with Crippen LogP contribution in [-0.2, 0) is 5.41 Å². The van der Waals surface area contributed by atoms with Crippen LogP contribution in [0.15, 0.2) is 6.07 Å². The molecule has 19 heavy (non-hydrogen) atoms. The van der Waals surface area contributed by atoms with E-state index in [4.69, 9.17) is 19.9 Å². The molecule has 0 aromatic heterocycles. The van der Waals surface area contributed by atoms with Gasteiger partial charge in [0.05, 0.1) is 7.11 Å². The summed E-state index contributed by atoms with van der Waals surface area (Å²) in [5.41, 5.74) is 6.67. The van der Waals surface area contributed by atoms with E-state index in [9.17, 15) is 4.39 Å². The average molecular weight is 267 g/mol. The van der Waals surface area contributed by atoms with Gasteiger partial charge < -0.3 is 19.9 Å². The van der Waals surface area contributed by atoms with Crippen LogP contribution in [0.25, 0.3) is 0 Å². The molecule has 0 radical (unpaired) electrons. The first-order valence-electron chi connectivity index (χ1n) is 6.52. The maximum atomic E-state index is 14.5. The Morgan fingerprint density at radius 1 is 1.37 bits per heavy atom. The number of hydrogen-bond donors (Lipinski definition) is 1. The highest BCUT2D eigenvalue weighted by Gasteiger charge is 2.50. The van der Waals surface area contributed by atoms with Gasteiger partial charge in [0.2, 0.25) is 11.6 Å². The lowest BCUT2D eigenvalue weighted by Gasteiger charge is -2.26. The molecule has 1 aromatic rings. The average Bonchev–Trinajstić information content (AvgIpc) is 3.20. The molecule has 3 rings (SSSR count). The van der Waals surface area contributed by atoms with E-state index in [2.05, 4.69) is 0 Å². The van der Waals surface area contributed by atoms with Crippen LogP contribution in [0, 0.1) is 5.82 Å². The van der Waals surface area contributed by atoms with Crippen LogP contribution in [0.3, 0.4) is 0 Å². The van der Waals surface area contributed by atoms with E-state index in [0.29, 0.717) is 19.0 Å². The van der Waals surface area contributed by atoms with Gasteiger partial charge in [-0.05, 0) is 25.8 Å². The Hall–Kier alpha value is -1.49. The third-order valence-electron chi connectivity index (χ3n) is 4.13. The minimum atomic E-state index is -0.485. The molecular weight excluding hydrogens is 249 g/mol. The smallest absolute Gasteiger partial charge is 0.211 e. The topological polar surface area (TPSA) is 53.7 Å². The molecule has 2 aliphatic rings. The van der Waals surface area contributed by atoms with Crippen LogP contribution >= 0.6 is 0 Å². The summed E-state index contributed by atoms with van der Waals surface area (Å²) in [6, 6.07) is 1.77. The van der Waals surface area contributed by atoms with Gasteiger partial charge in [-0.3, -0.25) is 0 Å². The second kappa shape index (κ2) is 4.27. The molecule has 4 nitrogen and oxygen atoms in total. The van der Waals surface area contributed by atoms with Gasteiger partial charge in [0.15, 0.2) is 11.5 Å². The number of benzene rings is 1. The monoisotopic (exact) mass is 267 g/mol. The van der Waals surface area contributed by atoms with Crippen molar-refractivity contribution in [2.24, 2.45) is 5.73 Å². The highest BCUT2D eigenvalue weighted by molar-refractivity contribution is 5.57.